The van der Waals surface area contributed by atoms with Crippen molar-refractivity contribution in [2.24, 2.45) is 0 Å². The summed E-state index contributed by atoms with van der Waals surface area (Å²) < 4.78 is 5.42. The SMILES string of the molecule is CN(C)CCNC(=O)Oc1ccc(C[C@H]2C(=O)N(Cc3cccc4ccccc34)C[C@H]3N2C(=O)CN3N(CC#N)C(=O)NCc2ccc(Cl)c(Cl)c2)cc1. The topological polar surface area (TPSA) is 142 Å². The van der Waals surface area contributed by atoms with Gasteiger partial charge in [-0.3, -0.25) is 9.59 Å². The summed E-state index contributed by atoms with van der Waals surface area (Å²) in [7, 11) is 3.81. The van der Waals surface area contributed by atoms with Gasteiger partial charge >= 0.3 is 12.1 Å². The number of rotatable bonds is 12. The highest BCUT2D eigenvalue weighted by Crippen LogP contribution is 2.32. The van der Waals surface area contributed by atoms with Crippen LogP contribution in [0.5, 0.6) is 5.75 Å². The lowest BCUT2D eigenvalue weighted by Gasteiger charge is -2.46. The Hall–Kier alpha value is -5.39. The average Bonchev–Trinajstić information content (AvgIpc) is 3.48. The van der Waals surface area contributed by atoms with E-state index in [9.17, 15) is 24.4 Å². The molecule has 0 spiro atoms. The number of benzene rings is 4. The Morgan fingerprint density at radius 2 is 1.69 bits per heavy atom. The number of halogens is 2. The number of likely N-dealkylation sites (N-methyl/N-ethyl adjacent to an activating group) is 1. The van der Waals surface area contributed by atoms with Crippen molar-refractivity contribution in [3.05, 3.63) is 112 Å². The second-order valence-electron chi connectivity index (χ2n) is 13.3. The number of fused-ring (bicyclic) bond motifs is 2. The van der Waals surface area contributed by atoms with Gasteiger partial charge in [0, 0.05) is 32.6 Å². The first-order valence-corrected chi connectivity index (χ1v) is 18.2. The predicted molar refractivity (Wildman–Crippen MR) is 204 cm³/mol. The maximum Gasteiger partial charge on any atom is 0.412 e. The Balaban J connectivity index is 1.25. The second kappa shape index (κ2) is 17.2. The zero-order chi connectivity index (χ0) is 38.4. The van der Waals surface area contributed by atoms with Crippen LogP contribution in [0.4, 0.5) is 9.59 Å². The molecule has 0 bridgehead atoms. The number of nitrogens with zero attached hydrogens (tertiary/aromatic N) is 6. The molecule has 2 saturated heterocycles. The predicted octanol–water partition coefficient (Wildman–Crippen LogP) is 4.87. The van der Waals surface area contributed by atoms with Crippen LogP contribution < -0.4 is 15.4 Å². The number of nitrogens with one attached hydrogen (secondary N) is 2. The third-order valence-electron chi connectivity index (χ3n) is 9.39. The fraction of sp³-hybridized carbons (Fsp3) is 0.308. The van der Waals surface area contributed by atoms with Gasteiger partial charge in [-0.05, 0) is 65.8 Å². The first kappa shape index (κ1) is 38.3. The zero-order valence-electron chi connectivity index (χ0n) is 29.9. The number of hydrogen-bond acceptors (Lipinski definition) is 8. The van der Waals surface area contributed by atoms with Crippen LogP contribution in [0.1, 0.15) is 16.7 Å². The minimum atomic E-state index is -0.916. The summed E-state index contributed by atoms with van der Waals surface area (Å²) in [6, 6.07) is 26.2. The molecule has 4 aromatic carbocycles. The Morgan fingerprint density at radius 1 is 0.944 bits per heavy atom. The molecule has 280 valence electrons. The van der Waals surface area contributed by atoms with Crippen molar-refractivity contribution >= 4 is 57.9 Å². The number of piperazine rings is 1. The van der Waals surface area contributed by atoms with Crippen molar-refractivity contribution in [2.45, 2.75) is 31.7 Å². The maximum absolute atomic E-state index is 14.4. The van der Waals surface area contributed by atoms with Crippen LogP contribution in [-0.4, -0.2) is 108 Å². The summed E-state index contributed by atoms with van der Waals surface area (Å²) in [5, 5.41) is 20.9. The van der Waals surface area contributed by atoms with E-state index in [1.54, 1.807) is 52.4 Å². The molecule has 6 rings (SSSR count). The van der Waals surface area contributed by atoms with E-state index in [1.165, 1.54) is 9.91 Å². The van der Waals surface area contributed by atoms with E-state index >= 15 is 0 Å². The molecule has 2 atom stereocenters. The van der Waals surface area contributed by atoms with Crippen molar-refractivity contribution in [1.82, 2.24) is 35.4 Å². The first-order valence-electron chi connectivity index (χ1n) is 17.4. The van der Waals surface area contributed by atoms with Gasteiger partial charge in [0.15, 0.2) is 0 Å². The lowest BCUT2D eigenvalue weighted by Crippen LogP contribution is -2.66. The number of hydrogen-bond donors (Lipinski definition) is 2. The van der Waals surface area contributed by atoms with Crippen molar-refractivity contribution in [3.8, 4) is 11.8 Å². The largest absolute Gasteiger partial charge is 0.412 e. The van der Waals surface area contributed by atoms with Crippen molar-refractivity contribution < 1.29 is 23.9 Å². The van der Waals surface area contributed by atoms with Gasteiger partial charge in [-0.2, -0.15) is 10.3 Å². The summed E-state index contributed by atoms with van der Waals surface area (Å²) >= 11 is 12.2. The van der Waals surface area contributed by atoms with Crippen LogP contribution in [0.3, 0.4) is 0 Å². The number of carbonyl (C=O) groups excluding carboxylic acids is 4. The molecule has 0 unspecified atom stereocenters. The van der Waals surface area contributed by atoms with E-state index in [4.69, 9.17) is 27.9 Å². The fourth-order valence-electron chi connectivity index (χ4n) is 6.73. The van der Waals surface area contributed by atoms with Crippen molar-refractivity contribution in [2.75, 3.05) is 46.8 Å². The highest BCUT2D eigenvalue weighted by atomic mass is 35.5. The molecule has 2 aliphatic rings. The standard InChI is InChI=1S/C39H40Cl2N8O5/c1-45(2)19-17-43-39(53)54-30-13-10-26(11-14-30)21-34-37(51)46(23-29-8-5-7-28-6-3-4-9-31(28)29)24-35-48(25-36(50)49(34)35)47(18-16-42)38(52)44-22-27-12-15-32(40)33(41)20-27/h3-15,20,34-35H,17-19,21-25H2,1-2H3,(H,43,53)(H,44,52)/t34-,35+/m0/s1. The van der Waals surface area contributed by atoms with Crippen LogP contribution in [0.25, 0.3) is 10.8 Å². The summed E-state index contributed by atoms with van der Waals surface area (Å²) in [5.74, 6) is -0.266. The van der Waals surface area contributed by atoms with Crippen LogP contribution in [-0.2, 0) is 29.1 Å². The monoisotopic (exact) mass is 770 g/mol. The smallest absolute Gasteiger partial charge is 0.410 e. The molecule has 54 heavy (non-hydrogen) atoms. The van der Waals surface area contributed by atoms with Crippen LogP contribution >= 0.6 is 23.2 Å². The second-order valence-corrected chi connectivity index (χ2v) is 14.2. The van der Waals surface area contributed by atoms with Gasteiger partial charge in [0.2, 0.25) is 11.8 Å². The molecular formula is C39H40Cl2N8O5. The Bertz CT molecular complexity index is 2070. The molecular weight excluding hydrogens is 731 g/mol. The third-order valence-corrected chi connectivity index (χ3v) is 10.1. The number of carbonyl (C=O) groups is 4. The molecule has 0 aromatic heterocycles. The van der Waals surface area contributed by atoms with Gasteiger partial charge in [0.25, 0.3) is 0 Å². The molecule has 0 aliphatic carbocycles. The number of hydrazine groups is 1. The van der Waals surface area contributed by atoms with Gasteiger partial charge < -0.3 is 30.1 Å². The van der Waals surface area contributed by atoms with E-state index in [0.29, 0.717) is 34.4 Å². The molecule has 2 heterocycles. The van der Waals surface area contributed by atoms with Crippen LogP contribution in [0, 0.1) is 11.3 Å². The highest BCUT2D eigenvalue weighted by molar-refractivity contribution is 6.42. The minimum Gasteiger partial charge on any atom is -0.410 e. The Kier molecular flexibility index (Phi) is 12.2. The molecule has 13 nitrogen and oxygen atoms in total. The minimum absolute atomic E-state index is 0.0968. The van der Waals surface area contributed by atoms with E-state index in [0.717, 1.165) is 21.9 Å². The number of nitriles is 1. The molecule has 5 amide bonds. The number of ether oxygens (including phenoxy) is 1. The highest BCUT2D eigenvalue weighted by Gasteiger charge is 2.52. The van der Waals surface area contributed by atoms with Crippen LogP contribution in [0.15, 0.2) is 84.9 Å². The van der Waals surface area contributed by atoms with E-state index in [2.05, 4.69) is 10.6 Å². The summed E-state index contributed by atoms with van der Waals surface area (Å²) in [6.45, 7) is 0.995. The van der Waals surface area contributed by atoms with Gasteiger partial charge in [-0.1, -0.05) is 83.9 Å². The molecule has 15 heteroatoms. The molecule has 2 fully saturated rings. The average molecular weight is 772 g/mol. The van der Waals surface area contributed by atoms with Crippen molar-refractivity contribution in [3.63, 3.8) is 0 Å². The quantitative estimate of drug-likeness (QED) is 0.195. The van der Waals surface area contributed by atoms with E-state index in [-0.39, 0.29) is 51.0 Å². The summed E-state index contributed by atoms with van der Waals surface area (Å²) in [5.41, 5.74) is 2.36. The molecule has 0 radical (unpaired) electrons. The maximum atomic E-state index is 14.4. The van der Waals surface area contributed by atoms with Gasteiger partial charge in [-0.15, -0.1) is 0 Å². The fourth-order valence-corrected chi connectivity index (χ4v) is 7.05. The number of urea groups is 1. The zero-order valence-corrected chi connectivity index (χ0v) is 31.4. The van der Waals surface area contributed by atoms with Crippen LogP contribution in [0.2, 0.25) is 10.0 Å². The summed E-state index contributed by atoms with van der Waals surface area (Å²) in [4.78, 5) is 59.4. The van der Waals surface area contributed by atoms with Crippen molar-refractivity contribution in [1.29, 1.82) is 5.26 Å². The molecule has 0 saturated carbocycles. The normalized spacial score (nSPS) is 17.0. The molecule has 2 aliphatic heterocycles. The summed E-state index contributed by atoms with van der Waals surface area (Å²) in [6.07, 6.45) is -1.16. The van der Waals surface area contributed by atoms with Gasteiger partial charge in [-0.25, -0.2) is 14.6 Å². The lowest BCUT2D eigenvalue weighted by atomic mass is 9.99. The number of amides is 5. The Labute approximate surface area is 323 Å². The van der Waals surface area contributed by atoms with E-state index in [1.807, 2.05) is 67.5 Å². The van der Waals surface area contributed by atoms with Gasteiger partial charge in [0.05, 0.1) is 29.2 Å². The van der Waals surface area contributed by atoms with Gasteiger partial charge in [0.1, 0.15) is 24.5 Å². The first-order chi connectivity index (χ1) is 26.0. The molecule has 2 N–H and O–H groups in total. The van der Waals surface area contributed by atoms with E-state index < -0.39 is 24.3 Å². The Morgan fingerprint density at radius 3 is 2.43 bits per heavy atom. The lowest BCUT2D eigenvalue weighted by molar-refractivity contribution is -0.157. The molecule has 4 aromatic rings. The third kappa shape index (κ3) is 8.86.